The van der Waals surface area contributed by atoms with Crippen molar-refractivity contribution in [2.24, 2.45) is 0 Å². The molecule has 2 rings (SSSR count). The lowest BCUT2D eigenvalue weighted by atomic mass is 10.2. The lowest BCUT2D eigenvalue weighted by Gasteiger charge is -2.36. The van der Waals surface area contributed by atoms with E-state index in [4.69, 9.17) is 9.16 Å². The molecule has 0 aliphatic heterocycles. The van der Waals surface area contributed by atoms with E-state index in [1.165, 1.54) is 5.56 Å². The van der Waals surface area contributed by atoms with Gasteiger partial charge in [-0.2, -0.15) is 0 Å². The van der Waals surface area contributed by atoms with Crippen molar-refractivity contribution >= 4 is 8.32 Å². The quantitative estimate of drug-likeness (QED) is 0.493. The van der Waals surface area contributed by atoms with Crippen LogP contribution >= 0.6 is 0 Å². The third-order valence-electron chi connectivity index (χ3n) is 4.78. The zero-order valence-corrected chi connectivity index (χ0v) is 17.1. The fourth-order valence-corrected chi connectivity index (χ4v) is 3.17. The molecule has 0 radical (unpaired) electrons. The summed E-state index contributed by atoms with van der Waals surface area (Å²) in [6.07, 6.45) is 0. The molecule has 0 saturated heterocycles. The zero-order valence-electron chi connectivity index (χ0n) is 16.1. The van der Waals surface area contributed by atoms with Gasteiger partial charge in [0, 0.05) is 19.7 Å². The van der Waals surface area contributed by atoms with E-state index in [-0.39, 0.29) is 5.04 Å². The van der Waals surface area contributed by atoms with E-state index in [0.29, 0.717) is 0 Å². The first-order valence-electron chi connectivity index (χ1n) is 8.94. The Labute approximate surface area is 153 Å². The van der Waals surface area contributed by atoms with Crippen LogP contribution in [0.5, 0.6) is 11.5 Å². The predicted octanol–water partition coefficient (Wildman–Crippen LogP) is 5.59. The van der Waals surface area contributed by atoms with Gasteiger partial charge in [-0.05, 0) is 48.0 Å². The second-order valence-electron chi connectivity index (χ2n) is 7.84. The highest BCUT2D eigenvalue weighted by molar-refractivity contribution is 6.74. The molecule has 0 amide bonds. The highest BCUT2D eigenvalue weighted by atomic mass is 28.4. The van der Waals surface area contributed by atoms with Crippen LogP contribution in [0.4, 0.5) is 0 Å². The molecule has 4 heteroatoms. The number of para-hydroxylation sites is 1. The molecular weight excluding hydrogens is 326 g/mol. The SMILES string of the molecule is CC(C)(C)[Si](C)(C)OCCNCc1ccc(Oc2ccccc2)cc1. The normalized spacial score (nSPS) is 12.2. The third-order valence-corrected chi connectivity index (χ3v) is 9.32. The van der Waals surface area contributed by atoms with E-state index < -0.39 is 8.32 Å². The van der Waals surface area contributed by atoms with Crippen molar-refractivity contribution in [2.45, 2.75) is 45.4 Å². The Bertz CT molecular complexity index is 633. The van der Waals surface area contributed by atoms with Gasteiger partial charge < -0.3 is 14.5 Å². The van der Waals surface area contributed by atoms with Crippen LogP contribution in [0.25, 0.3) is 0 Å². The molecule has 0 saturated carbocycles. The van der Waals surface area contributed by atoms with Crippen molar-refractivity contribution in [1.82, 2.24) is 5.32 Å². The summed E-state index contributed by atoms with van der Waals surface area (Å²) in [5.41, 5.74) is 1.24. The number of hydrogen-bond donors (Lipinski definition) is 1. The molecule has 0 unspecified atom stereocenters. The standard InChI is InChI=1S/C21H31NO2Si/c1-21(2,3)25(4,5)23-16-15-22-17-18-11-13-20(14-12-18)24-19-9-7-6-8-10-19/h6-14,22H,15-17H2,1-5H3. The molecule has 0 bridgehead atoms. The van der Waals surface area contributed by atoms with Gasteiger partial charge >= 0.3 is 0 Å². The number of ether oxygens (including phenoxy) is 1. The van der Waals surface area contributed by atoms with Gasteiger partial charge in [-0.1, -0.05) is 51.1 Å². The summed E-state index contributed by atoms with van der Waals surface area (Å²) in [7, 11) is -1.64. The van der Waals surface area contributed by atoms with Gasteiger partial charge in [0.2, 0.25) is 0 Å². The van der Waals surface area contributed by atoms with Crippen LogP contribution in [-0.2, 0) is 11.0 Å². The molecule has 136 valence electrons. The van der Waals surface area contributed by atoms with Crippen molar-refractivity contribution in [1.29, 1.82) is 0 Å². The van der Waals surface area contributed by atoms with Gasteiger partial charge in [-0.3, -0.25) is 0 Å². The largest absolute Gasteiger partial charge is 0.457 e. The maximum absolute atomic E-state index is 6.17. The Hall–Kier alpha value is -1.62. The third kappa shape index (κ3) is 6.31. The van der Waals surface area contributed by atoms with Crippen LogP contribution < -0.4 is 10.1 Å². The summed E-state index contributed by atoms with van der Waals surface area (Å²) in [5.74, 6) is 1.72. The van der Waals surface area contributed by atoms with E-state index in [1.807, 2.05) is 42.5 Å². The minimum absolute atomic E-state index is 0.265. The van der Waals surface area contributed by atoms with E-state index in [9.17, 15) is 0 Å². The van der Waals surface area contributed by atoms with Crippen molar-refractivity contribution in [3.8, 4) is 11.5 Å². The lowest BCUT2D eigenvalue weighted by molar-refractivity contribution is 0.285. The first-order valence-corrected chi connectivity index (χ1v) is 11.9. The Morgan fingerprint density at radius 1 is 0.880 bits per heavy atom. The topological polar surface area (TPSA) is 30.5 Å². The number of hydrogen-bond acceptors (Lipinski definition) is 3. The van der Waals surface area contributed by atoms with Gasteiger partial charge in [-0.15, -0.1) is 0 Å². The fraction of sp³-hybridized carbons (Fsp3) is 0.429. The van der Waals surface area contributed by atoms with Crippen LogP contribution in [0.1, 0.15) is 26.3 Å². The van der Waals surface area contributed by atoms with Crippen LogP contribution in [-0.4, -0.2) is 21.5 Å². The van der Waals surface area contributed by atoms with Crippen LogP contribution in [0.15, 0.2) is 54.6 Å². The van der Waals surface area contributed by atoms with Crippen molar-refractivity contribution in [2.75, 3.05) is 13.2 Å². The molecule has 0 heterocycles. The average molecular weight is 358 g/mol. The first-order chi connectivity index (χ1) is 11.8. The molecule has 25 heavy (non-hydrogen) atoms. The number of rotatable bonds is 8. The molecule has 3 nitrogen and oxygen atoms in total. The van der Waals surface area contributed by atoms with Gasteiger partial charge in [-0.25, -0.2) is 0 Å². The number of benzene rings is 2. The molecule has 0 atom stereocenters. The molecule has 0 aromatic heterocycles. The summed E-state index contributed by atoms with van der Waals surface area (Å²) < 4.78 is 12.0. The van der Waals surface area contributed by atoms with Crippen LogP contribution in [0.3, 0.4) is 0 Å². The van der Waals surface area contributed by atoms with Gasteiger partial charge in [0.15, 0.2) is 8.32 Å². The Balaban J connectivity index is 1.71. The lowest BCUT2D eigenvalue weighted by Crippen LogP contribution is -2.42. The van der Waals surface area contributed by atoms with Crippen molar-refractivity contribution < 1.29 is 9.16 Å². The summed E-state index contributed by atoms with van der Waals surface area (Å²) in [5, 5.41) is 3.72. The van der Waals surface area contributed by atoms with Crippen LogP contribution in [0, 0.1) is 0 Å². The van der Waals surface area contributed by atoms with Crippen LogP contribution in [0.2, 0.25) is 18.1 Å². The summed E-state index contributed by atoms with van der Waals surface area (Å²) >= 11 is 0. The molecule has 2 aromatic carbocycles. The second kappa shape index (κ2) is 8.65. The van der Waals surface area contributed by atoms with E-state index in [0.717, 1.165) is 31.2 Å². The molecule has 0 aliphatic rings. The van der Waals surface area contributed by atoms with Crippen molar-refractivity contribution in [3.05, 3.63) is 60.2 Å². The summed E-state index contributed by atoms with van der Waals surface area (Å²) in [6.45, 7) is 13.9. The number of nitrogens with one attached hydrogen (secondary N) is 1. The zero-order chi connectivity index (χ0) is 18.3. The van der Waals surface area contributed by atoms with E-state index in [2.05, 4.69) is 51.3 Å². The molecular formula is C21H31NO2Si. The van der Waals surface area contributed by atoms with Crippen molar-refractivity contribution in [3.63, 3.8) is 0 Å². The highest BCUT2D eigenvalue weighted by Gasteiger charge is 2.36. The minimum Gasteiger partial charge on any atom is -0.457 e. The summed E-state index contributed by atoms with van der Waals surface area (Å²) in [4.78, 5) is 0. The molecule has 1 N–H and O–H groups in total. The van der Waals surface area contributed by atoms with Gasteiger partial charge in [0.05, 0.1) is 0 Å². The monoisotopic (exact) mass is 357 g/mol. The fourth-order valence-electron chi connectivity index (χ4n) is 2.13. The van der Waals surface area contributed by atoms with E-state index >= 15 is 0 Å². The van der Waals surface area contributed by atoms with E-state index in [1.54, 1.807) is 0 Å². The molecule has 0 fully saturated rings. The molecule has 0 spiro atoms. The highest BCUT2D eigenvalue weighted by Crippen LogP contribution is 2.36. The predicted molar refractivity (Wildman–Crippen MR) is 108 cm³/mol. The maximum atomic E-state index is 6.17. The average Bonchev–Trinajstić information content (AvgIpc) is 2.56. The molecule has 2 aromatic rings. The smallest absolute Gasteiger partial charge is 0.192 e. The second-order valence-corrected chi connectivity index (χ2v) is 12.7. The Kier molecular flexibility index (Phi) is 6.82. The Morgan fingerprint density at radius 2 is 1.48 bits per heavy atom. The van der Waals surface area contributed by atoms with Gasteiger partial charge in [0.25, 0.3) is 0 Å². The summed E-state index contributed by atoms with van der Waals surface area (Å²) in [6, 6.07) is 18.1. The molecule has 0 aliphatic carbocycles. The Morgan fingerprint density at radius 3 is 2.08 bits per heavy atom. The minimum atomic E-state index is -1.64. The first kappa shape index (κ1) is 19.7. The maximum Gasteiger partial charge on any atom is 0.192 e. The van der Waals surface area contributed by atoms with Gasteiger partial charge in [0.1, 0.15) is 11.5 Å².